The summed E-state index contributed by atoms with van der Waals surface area (Å²) in [4.78, 5) is 23.7. The molecule has 102 valence electrons. The second kappa shape index (κ2) is 7.20. The van der Waals surface area contributed by atoms with Gasteiger partial charge in [-0.05, 0) is 18.1 Å². The minimum absolute atomic E-state index is 0.0583. The number of nitrogens with zero attached hydrogens (tertiary/aromatic N) is 1. The van der Waals surface area contributed by atoms with Crippen LogP contribution in [0.15, 0.2) is 36.9 Å². The third kappa shape index (κ3) is 4.83. The summed E-state index contributed by atoms with van der Waals surface area (Å²) >= 11 is 0. The number of carbonyl (C=O) groups excluding carboxylic acids is 1. The van der Waals surface area contributed by atoms with Crippen molar-refractivity contribution in [3.63, 3.8) is 0 Å². The van der Waals surface area contributed by atoms with Crippen LogP contribution < -0.4 is 0 Å². The van der Waals surface area contributed by atoms with Crippen LogP contribution in [0.4, 0.5) is 4.79 Å². The Balaban J connectivity index is 2.79. The summed E-state index contributed by atoms with van der Waals surface area (Å²) in [5.74, 6) is -1.08. The molecule has 0 heterocycles. The fourth-order valence-corrected chi connectivity index (χ4v) is 1.56. The standard InChI is InChI=1S/C14H17NO4/c1-3-8-19-14(18)15(10-13(16)17)9-12-7-5-4-6-11(12)2/h3-7H,1,8-10H2,2H3,(H,16,17). The number of rotatable bonds is 6. The minimum Gasteiger partial charge on any atom is -0.480 e. The topological polar surface area (TPSA) is 66.8 Å². The highest BCUT2D eigenvalue weighted by atomic mass is 16.6. The summed E-state index contributed by atoms with van der Waals surface area (Å²) in [5, 5.41) is 8.84. The molecule has 0 aliphatic rings. The first-order valence-electron chi connectivity index (χ1n) is 5.83. The van der Waals surface area contributed by atoms with Gasteiger partial charge in [-0.2, -0.15) is 0 Å². The molecular weight excluding hydrogens is 246 g/mol. The van der Waals surface area contributed by atoms with Crippen molar-refractivity contribution in [1.82, 2.24) is 4.90 Å². The van der Waals surface area contributed by atoms with Crippen LogP contribution in [0, 0.1) is 6.92 Å². The highest BCUT2D eigenvalue weighted by Crippen LogP contribution is 2.11. The summed E-state index contributed by atoms with van der Waals surface area (Å²) in [6, 6.07) is 7.49. The smallest absolute Gasteiger partial charge is 0.410 e. The number of hydrogen-bond donors (Lipinski definition) is 1. The van der Waals surface area contributed by atoms with Gasteiger partial charge in [-0.25, -0.2) is 4.79 Å². The normalized spacial score (nSPS) is 9.74. The van der Waals surface area contributed by atoms with E-state index in [1.807, 2.05) is 31.2 Å². The van der Waals surface area contributed by atoms with Crippen LogP contribution in [0.1, 0.15) is 11.1 Å². The molecule has 1 aromatic rings. The average molecular weight is 263 g/mol. The molecule has 0 saturated heterocycles. The molecule has 0 aliphatic carbocycles. The molecule has 1 rings (SSSR count). The van der Waals surface area contributed by atoms with E-state index in [0.717, 1.165) is 16.0 Å². The Morgan fingerprint density at radius 3 is 2.68 bits per heavy atom. The van der Waals surface area contributed by atoms with E-state index in [0.29, 0.717) is 0 Å². The molecule has 0 fully saturated rings. The first-order chi connectivity index (χ1) is 9.04. The first-order valence-corrected chi connectivity index (χ1v) is 5.83. The fourth-order valence-electron chi connectivity index (χ4n) is 1.56. The number of carboxylic acids is 1. The lowest BCUT2D eigenvalue weighted by Gasteiger charge is -2.20. The van der Waals surface area contributed by atoms with Gasteiger partial charge in [-0.3, -0.25) is 9.69 Å². The monoisotopic (exact) mass is 263 g/mol. The summed E-state index contributed by atoms with van der Waals surface area (Å²) < 4.78 is 4.87. The predicted octanol–water partition coefficient (Wildman–Crippen LogP) is 2.20. The van der Waals surface area contributed by atoms with Crippen molar-refractivity contribution >= 4 is 12.1 Å². The zero-order valence-electron chi connectivity index (χ0n) is 10.8. The molecule has 0 saturated carbocycles. The molecule has 0 atom stereocenters. The summed E-state index contributed by atoms with van der Waals surface area (Å²) in [5.41, 5.74) is 1.88. The SMILES string of the molecule is C=CCOC(=O)N(CC(=O)O)Cc1ccccc1C. The maximum atomic E-state index is 11.7. The van der Waals surface area contributed by atoms with Gasteiger partial charge in [0.15, 0.2) is 0 Å². The number of aliphatic carboxylic acids is 1. The zero-order chi connectivity index (χ0) is 14.3. The number of aryl methyl sites for hydroxylation is 1. The van der Waals surface area contributed by atoms with Crippen molar-refractivity contribution in [3.8, 4) is 0 Å². The second-order valence-electron chi connectivity index (χ2n) is 4.04. The number of amides is 1. The molecule has 1 aromatic carbocycles. The molecule has 0 bridgehead atoms. The van der Waals surface area contributed by atoms with E-state index in [9.17, 15) is 9.59 Å². The zero-order valence-corrected chi connectivity index (χ0v) is 10.8. The van der Waals surface area contributed by atoms with Gasteiger partial charge >= 0.3 is 12.1 Å². The van der Waals surface area contributed by atoms with Gasteiger partial charge in [0.2, 0.25) is 0 Å². The highest BCUT2D eigenvalue weighted by Gasteiger charge is 2.18. The van der Waals surface area contributed by atoms with Crippen LogP contribution in [-0.4, -0.2) is 35.2 Å². The Labute approximate surface area is 112 Å². The molecule has 5 nitrogen and oxygen atoms in total. The maximum absolute atomic E-state index is 11.7. The van der Waals surface area contributed by atoms with E-state index in [2.05, 4.69) is 6.58 Å². The molecule has 1 amide bonds. The van der Waals surface area contributed by atoms with Crippen molar-refractivity contribution in [2.75, 3.05) is 13.2 Å². The Kier molecular flexibility index (Phi) is 5.60. The van der Waals surface area contributed by atoms with Crippen molar-refractivity contribution in [2.24, 2.45) is 0 Å². The van der Waals surface area contributed by atoms with E-state index >= 15 is 0 Å². The predicted molar refractivity (Wildman–Crippen MR) is 70.8 cm³/mol. The first kappa shape index (κ1) is 14.8. The number of benzene rings is 1. The molecule has 0 aliphatic heterocycles. The Hall–Kier alpha value is -2.30. The van der Waals surface area contributed by atoms with E-state index in [4.69, 9.17) is 9.84 Å². The Bertz CT molecular complexity index is 470. The van der Waals surface area contributed by atoms with Crippen molar-refractivity contribution < 1.29 is 19.4 Å². The fraction of sp³-hybridized carbons (Fsp3) is 0.286. The molecule has 0 spiro atoms. The Morgan fingerprint density at radius 1 is 1.42 bits per heavy atom. The lowest BCUT2D eigenvalue weighted by Crippen LogP contribution is -2.35. The summed E-state index contributed by atoms with van der Waals surface area (Å²) in [6.45, 7) is 5.21. The van der Waals surface area contributed by atoms with E-state index in [1.165, 1.54) is 6.08 Å². The molecule has 19 heavy (non-hydrogen) atoms. The number of carboxylic acid groups (broad SMARTS) is 1. The van der Waals surface area contributed by atoms with Crippen LogP contribution in [0.25, 0.3) is 0 Å². The van der Waals surface area contributed by atoms with Crippen molar-refractivity contribution in [1.29, 1.82) is 0 Å². The van der Waals surface area contributed by atoms with Gasteiger partial charge in [0.1, 0.15) is 13.2 Å². The van der Waals surface area contributed by atoms with Crippen LogP contribution in [0.5, 0.6) is 0 Å². The minimum atomic E-state index is -1.08. The second-order valence-corrected chi connectivity index (χ2v) is 4.04. The van der Waals surface area contributed by atoms with E-state index < -0.39 is 18.6 Å². The quantitative estimate of drug-likeness (QED) is 0.799. The van der Waals surface area contributed by atoms with E-state index in [1.54, 1.807) is 0 Å². The van der Waals surface area contributed by atoms with Crippen LogP contribution in [0.3, 0.4) is 0 Å². The van der Waals surface area contributed by atoms with E-state index in [-0.39, 0.29) is 13.2 Å². The highest BCUT2D eigenvalue weighted by molar-refractivity contribution is 5.76. The van der Waals surface area contributed by atoms with Crippen molar-refractivity contribution in [3.05, 3.63) is 48.0 Å². The van der Waals surface area contributed by atoms with Crippen LogP contribution >= 0.6 is 0 Å². The molecule has 0 aromatic heterocycles. The largest absolute Gasteiger partial charge is 0.480 e. The molecule has 0 radical (unpaired) electrons. The van der Waals surface area contributed by atoms with Gasteiger partial charge in [0.25, 0.3) is 0 Å². The van der Waals surface area contributed by atoms with Crippen molar-refractivity contribution in [2.45, 2.75) is 13.5 Å². The lowest BCUT2D eigenvalue weighted by atomic mass is 10.1. The molecule has 5 heteroatoms. The maximum Gasteiger partial charge on any atom is 0.410 e. The summed E-state index contributed by atoms with van der Waals surface area (Å²) in [7, 11) is 0. The van der Waals surface area contributed by atoms with Crippen LogP contribution in [0.2, 0.25) is 0 Å². The third-order valence-corrected chi connectivity index (χ3v) is 2.53. The number of hydrogen-bond acceptors (Lipinski definition) is 3. The van der Waals surface area contributed by atoms with Gasteiger partial charge in [-0.1, -0.05) is 36.9 Å². The Morgan fingerprint density at radius 2 is 2.11 bits per heavy atom. The molecule has 0 unspecified atom stereocenters. The molecule has 1 N–H and O–H groups in total. The number of carbonyl (C=O) groups is 2. The van der Waals surface area contributed by atoms with Gasteiger partial charge in [0.05, 0.1) is 0 Å². The van der Waals surface area contributed by atoms with Crippen LogP contribution in [-0.2, 0) is 16.1 Å². The number of ether oxygens (including phenoxy) is 1. The molecular formula is C14H17NO4. The average Bonchev–Trinajstić information content (AvgIpc) is 2.37. The third-order valence-electron chi connectivity index (χ3n) is 2.53. The van der Waals surface area contributed by atoms with Gasteiger partial charge in [0, 0.05) is 6.54 Å². The lowest BCUT2D eigenvalue weighted by molar-refractivity contribution is -0.138. The van der Waals surface area contributed by atoms with Gasteiger partial charge in [-0.15, -0.1) is 0 Å². The summed E-state index contributed by atoms with van der Waals surface area (Å²) in [6.07, 6.45) is 0.774. The van der Waals surface area contributed by atoms with Gasteiger partial charge < -0.3 is 9.84 Å².